The number of hydrogen-bond acceptors (Lipinski definition) is 1. The van der Waals surface area contributed by atoms with Gasteiger partial charge in [-0.2, -0.15) is 0 Å². The average molecular weight is 281 g/mol. The molecular formula is C20H27N. The molecule has 1 nitrogen and oxygen atoms in total. The molecule has 0 spiro atoms. The van der Waals surface area contributed by atoms with Crippen molar-refractivity contribution in [3.05, 3.63) is 47.5 Å². The van der Waals surface area contributed by atoms with Gasteiger partial charge in [-0.3, -0.25) is 0 Å². The van der Waals surface area contributed by atoms with Gasteiger partial charge in [0.2, 0.25) is 0 Å². The Bertz CT molecular complexity index is 616. The van der Waals surface area contributed by atoms with E-state index >= 15 is 0 Å². The van der Waals surface area contributed by atoms with Gasteiger partial charge in [0, 0.05) is 6.04 Å². The van der Waals surface area contributed by atoms with Crippen LogP contribution in [-0.2, 0) is 0 Å². The minimum absolute atomic E-state index is 0.498. The molecule has 0 aromatic heterocycles. The summed E-state index contributed by atoms with van der Waals surface area (Å²) in [5.74, 6) is 1.60. The highest BCUT2D eigenvalue weighted by molar-refractivity contribution is 5.89. The summed E-state index contributed by atoms with van der Waals surface area (Å²) in [7, 11) is 0. The Hall–Kier alpha value is -1.34. The van der Waals surface area contributed by atoms with Crippen LogP contribution in [0.3, 0.4) is 0 Å². The molecule has 0 aliphatic heterocycles. The molecule has 1 heteroatoms. The lowest BCUT2D eigenvalue weighted by Crippen LogP contribution is -2.29. The first kappa shape index (κ1) is 14.6. The van der Waals surface area contributed by atoms with Crippen LogP contribution in [0.2, 0.25) is 0 Å². The smallest absolute Gasteiger partial charge is 0.0357 e. The molecule has 1 aliphatic carbocycles. The van der Waals surface area contributed by atoms with Crippen molar-refractivity contribution in [3.63, 3.8) is 0 Å². The lowest BCUT2D eigenvalue weighted by atomic mass is 9.83. The van der Waals surface area contributed by atoms with Gasteiger partial charge in [-0.1, -0.05) is 63.1 Å². The van der Waals surface area contributed by atoms with Crippen LogP contribution in [-0.4, -0.2) is 6.54 Å². The number of benzene rings is 2. The Kier molecular flexibility index (Phi) is 4.30. The summed E-state index contributed by atoms with van der Waals surface area (Å²) >= 11 is 0. The molecule has 3 rings (SSSR count). The SMILES string of the molecule is CCNC(c1ccc(C)c2ccccc12)C1CCCC1C. The van der Waals surface area contributed by atoms with E-state index in [9.17, 15) is 0 Å². The van der Waals surface area contributed by atoms with E-state index in [0.29, 0.717) is 6.04 Å². The van der Waals surface area contributed by atoms with Crippen molar-refractivity contribution in [1.29, 1.82) is 0 Å². The third-order valence-corrected chi connectivity index (χ3v) is 5.29. The summed E-state index contributed by atoms with van der Waals surface area (Å²) in [6.07, 6.45) is 4.13. The Morgan fingerprint density at radius 2 is 1.86 bits per heavy atom. The highest BCUT2D eigenvalue weighted by Crippen LogP contribution is 2.42. The maximum Gasteiger partial charge on any atom is 0.0357 e. The van der Waals surface area contributed by atoms with Crippen molar-refractivity contribution in [2.45, 2.75) is 46.1 Å². The predicted molar refractivity (Wildman–Crippen MR) is 91.6 cm³/mol. The van der Waals surface area contributed by atoms with Crippen molar-refractivity contribution in [1.82, 2.24) is 5.32 Å². The molecule has 0 bridgehead atoms. The molecule has 3 unspecified atom stereocenters. The third kappa shape index (κ3) is 2.72. The van der Waals surface area contributed by atoms with Gasteiger partial charge >= 0.3 is 0 Å². The second-order valence-electron chi connectivity index (χ2n) is 6.62. The molecule has 3 atom stereocenters. The zero-order valence-corrected chi connectivity index (χ0v) is 13.5. The number of aryl methyl sites for hydroxylation is 1. The molecule has 1 N–H and O–H groups in total. The van der Waals surface area contributed by atoms with E-state index in [1.165, 1.54) is 41.2 Å². The molecular weight excluding hydrogens is 254 g/mol. The zero-order valence-electron chi connectivity index (χ0n) is 13.5. The van der Waals surface area contributed by atoms with Crippen LogP contribution in [0.4, 0.5) is 0 Å². The summed E-state index contributed by atoms with van der Waals surface area (Å²) in [6.45, 7) is 7.91. The molecule has 1 saturated carbocycles. The van der Waals surface area contributed by atoms with E-state index in [4.69, 9.17) is 0 Å². The van der Waals surface area contributed by atoms with E-state index < -0.39 is 0 Å². The second-order valence-corrected chi connectivity index (χ2v) is 6.62. The quantitative estimate of drug-likeness (QED) is 0.808. The molecule has 0 heterocycles. The van der Waals surface area contributed by atoms with Gasteiger partial charge in [0.1, 0.15) is 0 Å². The van der Waals surface area contributed by atoms with Crippen LogP contribution in [0.15, 0.2) is 36.4 Å². The molecule has 21 heavy (non-hydrogen) atoms. The van der Waals surface area contributed by atoms with Crippen LogP contribution < -0.4 is 5.32 Å². The topological polar surface area (TPSA) is 12.0 Å². The monoisotopic (exact) mass is 281 g/mol. The highest BCUT2D eigenvalue weighted by atomic mass is 14.9. The highest BCUT2D eigenvalue weighted by Gasteiger charge is 2.32. The lowest BCUT2D eigenvalue weighted by Gasteiger charge is -2.29. The average Bonchev–Trinajstić information content (AvgIpc) is 2.92. The van der Waals surface area contributed by atoms with Gasteiger partial charge in [-0.15, -0.1) is 0 Å². The molecule has 0 saturated heterocycles. The molecule has 1 aliphatic rings. The van der Waals surface area contributed by atoms with Crippen molar-refractivity contribution in [2.75, 3.05) is 6.54 Å². The van der Waals surface area contributed by atoms with Crippen molar-refractivity contribution < 1.29 is 0 Å². The molecule has 0 amide bonds. The van der Waals surface area contributed by atoms with Crippen LogP contribution in [0.5, 0.6) is 0 Å². The van der Waals surface area contributed by atoms with Gasteiger partial charge < -0.3 is 5.32 Å². The zero-order chi connectivity index (χ0) is 14.8. The largest absolute Gasteiger partial charge is 0.310 e. The summed E-state index contributed by atoms with van der Waals surface area (Å²) < 4.78 is 0. The molecule has 112 valence electrons. The standard InChI is InChI=1S/C20H27N/c1-4-21-20(17-11-7-8-14(17)2)19-13-12-15(3)16-9-5-6-10-18(16)19/h5-6,9-10,12-14,17,20-21H,4,7-8,11H2,1-3H3. The second kappa shape index (κ2) is 6.19. The summed E-state index contributed by atoms with van der Waals surface area (Å²) in [6, 6.07) is 14.0. The van der Waals surface area contributed by atoms with Gasteiger partial charge in [-0.25, -0.2) is 0 Å². The lowest BCUT2D eigenvalue weighted by molar-refractivity contribution is 0.307. The Balaban J connectivity index is 2.09. The van der Waals surface area contributed by atoms with E-state index in [0.717, 1.165) is 18.4 Å². The number of nitrogens with one attached hydrogen (secondary N) is 1. The summed E-state index contributed by atoms with van der Waals surface area (Å²) in [4.78, 5) is 0. The van der Waals surface area contributed by atoms with Gasteiger partial charge in [0.25, 0.3) is 0 Å². The first-order valence-corrected chi connectivity index (χ1v) is 8.44. The summed E-state index contributed by atoms with van der Waals surface area (Å²) in [5, 5.41) is 6.62. The molecule has 1 fully saturated rings. The van der Waals surface area contributed by atoms with Crippen LogP contribution in [0, 0.1) is 18.8 Å². The molecule has 2 aromatic carbocycles. The Morgan fingerprint density at radius 3 is 2.52 bits per heavy atom. The number of hydrogen-bond donors (Lipinski definition) is 1. The van der Waals surface area contributed by atoms with E-state index in [1.807, 2.05) is 0 Å². The number of fused-ring (bicyclic) bond motifs is 1. The normalized spacial score (nSPS) is 23.6. The van der Waals surface area contributed by atoms with Crippen molar-refractivity contribution >= 4 is 10.8 Å². The maximum atomic E-state index is 3.78. The first-order chi connectivity index (χ1) is 10.2. The van der Waals surface area contributed by atoms with Crippen LogP contribution in [0.1, 0.15) is 50.3 Å². The minimum Gasteiger partial charge on any atom is -0.310 e. The third-order valence-electron chi connectivity index (χ3n) is 5.29. The van der Waals surface area contributed by atoms with Crippen LogP contribution >= 0.6 is 0 Å². The van der Waals surface area contributed by atoms with Crippen LogP contribution in [0.25, 0.3) is 10.8 Å². The number of rotatable bonds is 4. The van der Waals surface area contributed by atoms with Gasteiger partial charge in [0.05, 0.1) is 0 Å². The Morgan fingerprint density at radius 1 is 1.10 bits per heavy atom. The van der Waals surface area contributed by atoms with Crippen molar-refractivity contribution in [3.8, 4) is 0 Å². The Labute approximate surface area is 128 Å². The fourth-order valence-corrected chi connectivity index (χ4v) is 4.13. The molecule has 2 aromatic rings. The fraction of sp³-hybridized carbons (Fsp3) is 0.500. The van der Waals surface area contributed by atoms with Crippen molar-refractivity contribution in [2.24, 2.45) is 11.8 Å². The first-order valence-electron chi connectivity index (χ1n) is 8.44. The predicted octanol–water partition coefficient (Wildman–Crippen LogP) is 5.24. The van der Waals surface area contributed by atoms with E-state index in [2.05, 4.69) is 62.5 Å². The van der Waals surface area contributed by atoms with E-state index in [1.54, 1.807) is 0 Å². The molecule has 0 radical (unpaired) electrons. The van der Waals surface area contributed by atoms with Gasteiger partial charge in [-0.05, 0) is 53.6 Å². The maximum absolute atomic E-state index is 3.78. The van der Waals surface area contributed by atoms with E-state index in [-0.39, 0.29) is 0 Å². The van der Waals surface area contributed by atoms with Gasteiger partial charge in [0.15, 0.2) is 0 Å². The minimum atomic E-state index is 0.498. The fourth-order valence-electron chi connectivity index (χ4n) is 4.13. The summed E-state index contributed by atoms with van der Waals surface area (Å²) in [5.41, 5.74) is 2.88.